The van der Waals surface area contributed by atoms with E-state index in [4.69, 9.17) is 0 Å². The fourth-order valence-electron chi connectivity index (χ4n) is 5.38. The van der Waals surface area contributed by atoms with Crippen molar-refractivity contribution in [3.63, 3.8) is 0 Å². The first-order chi connectivity index (χ1) is 18.2. The van der Waals surface area contributed by atoms with Gasteiger partial charge < -0.3 is 10.5 Å². The van der Waals surface area contributed by atoms with Gasteiger partial charge in [-0.05, 0) is 48.2 Å². The van der Waals surface area contributed by atoms with Crippen LogP contribution in [0, 0.1) is 23.3 Å². The molecule has 2 aliphatic heterocycles. The molecule has 0 amide bonds. The highest BCUT2D eigenvalue weighted by Gasteiger charge is 2.35. The van der Waals surface area contributed by atoms with Crippen molar-refractivity contribution in [2.24, 2.45) is 0 Å². The molecule has 6 rings (SSSR count). The first-order valence-electron chi connectivity index (χ1n) is 12.0. The van der Waals surface area contributed by atoms with Crippen LogP contribution < -0.4 is 26.2 Å². The first kappa shape index (κ1) is 25.1. The van der Waals surface area contributed by atoms with Gasteiger partial charge in [-0.1, -0.05) is 12.1 Å². The zero-order chi connectivity index (χ0) is 26.8. The lowest BCUT2D eigenvalue weighted by molar-refractivity contribution is 0.179. The molecule has 3 aromatic rings. The number of aliphatic hydroxyl groups is 1. The average Bonchev–Trinajstić information content (AvgIpc) is 3.62. The number of sulfonamides is 1. The second kappa shape index (κ2) is 9.20. The number of hydrazine groups is 1. The molecule has 3 aliphatic rings. The van der Waals surface area contributed by atoms with E-state index in [-0.39, 0.29) is 41.9 Å². The van der Waals surface area contributed by atoms with E-state index in [0.717, 1.165) is 37.4 Å². The molecule has 0 spiro atoms. The summed E-state index contributed by atoms with van der Waals surface area (Å²) in [6.07, 6.45) is -0.802. The Balaban J connectivity index is 1.38. The molecular weight excluding hydrogens is 526 g/mol. The second-order valence-corrected chi connectivity index (χ2v) is 11.1. The number of anilines is 2. The van der Waals surface area contributed by atoms with E-state index in [9.17, 15) is 22.3 Å². The van der Waals surface area contributed by atoms with E-state index in [0.29, 0.717) is 5.56 Å². The van der Waals surface area contributed by atoms with Crippen LogP contribution in [0.5, 0.6) is 0 Å². The molecule has 13 heteroatoms. The molecule has 0 radical (unpaired) electrons. The zero-order valence-electron chi connectivity index (χ0n) is 19.7. The van der Waals surface area contributed by atoms with Gasteiger partial charge in [0, 0.05) is 24.2 Å². The van der Waals surface area contributed by atoms with Gasteiger partial charge in [-0.2, -0.15) is 0 Å². The summed E-state index contributed by atoms with van der Waals surface area (Å²) in [5, 5.41) is 16.5. The van der Waals surface area contributed by atoms with Crippen LogP contribution in [0.2, 0.25) is 0 Å². The van der Waals surface area contributed by atoms with Gasteiger partial charge in [-0.15, -0.1) is 0 Å². The van der Waals surface area contributed by atoms with Crippen molar-refractivity contribution in [3.05, 3.63) is 76.4 Å². The van der Waals surface area contributed by atoms with E-state index in [2.05, 4.69) is 21.5 Å². The number of hydrogen-bond acceptors (Lipinski definition) is 7. The smallest absolute Gasteiger partial charge is 0.262 e. The Morgan fingerprint density at radius 2 is 1.71 bits per heavy atom. The lowest BCUT2D eigenvalue weighted by Crippen LogP contribution is -2.42. The van der Waals surface area contributed by atoms with Crippen LogP contribution in [0.25, 0.3) is 11.1 Å². The summed E-state index contributed by atoms with van der Waals surface area (Å²) in [5.74, 6) is -4.22. The summed E-state index contributed by atoms with van der Waals surface area (Å²) in [6.45, 7) is 1.47. The maximum atomic E-state index is 15.6. The quantitative estimate of drug-likeness (QED) is 0.271. The molecule has 6 N–H and O–H groups in total. The molecule has 1 unspecified atom stereocenters. The number of rotatable bonds is 5. The minimum atomic E-state index is -4.55. The summed E-state index contributed by atoms with van der Waals surface area (Å²) >= 11 is 0. The minimum Gasteiger partial charge on any atom is -0.388 e. The largest absolute Gasteiger partial charge is 0.388 e. The Morgan fingerprint density at radius 1 is 0.947 bits per heavy atom. The molecule has 1 aliphatic carbocycles. The summed E-state index contributed by atoms with van der Waals surface area (Å²) in [6, 6.07) is 5.99. The molecule has 38 heavy (non-hydrogen) atoms. The second-order valence-electron chi connectivity index (χ2n) is 9.44. The zero-order valence-corrected chi connectivity index (χ0v) is 20.5. The van der Waals surface area contributed by atoms with Gasteiger partial charge >= 0.3 is 0 Å². The monoisotopic (exact) mass is 549 g/mol. The van der Waals surface area contributed by atoms with Crippen molar-refractivity contribution in [2.45, 2.75) is 36.0 Å². The molecular formula is C25H23F4N5O3S. The van der Waals surface area contributed by atoms with Gasteiger partial charge in [0.05, 0.1) is 40.1 Å². The number of halogens is 4. The van der Waals surface area contributed by atoms with Crippen molar-refractivity contribution in [3.8, 4) is 11.1 Å². The third-order valence-corrected chi connectivity index (χ3v) is 8.61. The number of benzene rings is 3. The van der Waals surface area contributed by atoms with Gasteiger partial charge in [0.25, 0.3) is 10.0 Å². The van der Waals surface area contributed by atoms with Gasteiger partial charge in [0.2, 0.25) is 0 Å². The summed E-state index contributed by atoms with van der Waals surface area (Å²) in [5.41, 5.74) is 4.84. The average molecular weight is 550 g/mol. The molecule has 2 atom stereocenters. The molecule has 1 fully saturated rings. The summed E-state index contributed by atoms with van der Waals surface area (Å²) in [7, 11) is -4.55. The first-order valence-corrected chi connectivity index (χ1v) is 13.5. The Morgan fingerprint density at radius 3 is 2.47 bits per heavy atom. The highest BCUT2D eigenvalue weighted by molar-refractivity contribution is 7.92. The minimum absolute atomic E-state index is 0.0293. The highest BCUT2D eigenvalue weighted by Crippen LogP contribution is 2.41. The van der Waals surface area contributed by atoms with Gasteiger partial charge in [-0.25, -0.2) is 31.4 Å². The molecule has 0 aromatic heterocycles. The maximum absolute atomic E-state index is 15.6. The topological polar surface area (TPSA) is 115 Å². The molecule has 3 aromatic carbocycles. The molecule has 1 saturated heterocycles. The van der Waals surface area contributed by atoms with Crippen LogP contribution in [0.4, 0.5) is 28.9 Å². The molecule has 8 nitrogen and oxygen atoms in total. The van der Waals surface area contributed by atoms with Crippen LogP contribution in [-0.4, -0.2) is 32.8 Å². The number of hydrogen-bond donors (Lipinski definition) is 6. The SMILES string of the molecule is O=S(=O)(Nc1ccc(F)c(-c2ccc3c(c2F)NNC3C2NCCN2)c1F)c1cc(F)cc2c1CC[C@H]2O. The van der Waals surface area contributed by atoms with E-state index < -0.39 is 61.1 Å². The fourth-order valence-corrected chi connectivity index (χ4v) is 6.74. The van der Waals surface area contributed by atoms with E-state index in [1.165, 1.54) is 6.07 Å². The highest BCUT2D eigenvalue weighted by atomic mass is 32.2. The Bertz CT molecular complexity index is 1560. The summed E-state index contributed by atoms with van der Waals surface area (Å²) < 4.78 is 88.6. The molecule has 200 valence electrons. The van der Waals surface area contributed by atoms with Crippen LogP contribution in [0.15, 0.2) is 41.3 Å². The van der Waals surface area contributed by atoms with Crippen molar-refractivity contribution in [2.75, 3.05) is 23.2 Å². The van der Waals surface area contributed by atoms with Crippen LogP contribution in [0.1, 0.15) is 35.3 Å². The predicted octanol–water partition coefficient (Wildman–Crippen LogP) is 3.18. The third kappa shape index (κ3) is 4.01. The van der Waals surface area contributed by atoms with Gasteiger partial charge in [0.1, 0.15) is 11.6 Å². The number of aliphatic hydroxyl groups excluding tert-OH is 1. The maximum Gasteiger partial charge on any atom is 0.262 e. The predicted molar refractivity (Wildman–Crippen MR) is 132 cm³/mol. The number of fused-ring (bicyclic) bond motifs is 2. The lowest BCUT2D eigenvalue weighted by Gasteiger charge is -2.19. The standard InChI is InChI=1S/C25H23F4N5O3S/c26-11-9-15-12(3-6-18(15)35)19(10-11)38(36,37)34-17-5-4-16(27)20(22(17)29)13-1-2-14-23(21(13)28)32-33-24(14)25-30-7-8-31-25/h1-2,4-5,9-10,18,24-25,30-35H,3,6-8H2/t18-,24?/m1/s1. The van der Waals surface area contributed by atoms with E-state index in [1.54, 1.807) is 6.07 Å². The van der Waals surface area contributed by atoms with Crippen molar-refractivity contribution in [1.82, 2.24) is 16.1 Å². The lowest BCUT2D eigenvalue weighted by atomic mass is 9.97. The third-order valence-electron chi connectivity index (χ3n) is 7.18. The Hall–Kier alpha value is -3.23. The van der Waals surface area contributed by atoms with E-state index >= 15 is 8.78 Å². The van der Waals surface area contributed by atoms with Crippen LogP contribution >= 0.6 is 0 Å². The van der Waals surface area contributed by atoms with Crippen LogP contribution in [-0.2, 0) is 16.4 Å². The molecule has 0 bridgehead atoms. The fraction of sp³-hybridized carbons (Fsp3) is 0.280. The summed E-state index contributed by atoms with van der Waals surface area (Å²) in [4.78, 5) is -0.450. The normalized spacial score (nSPS) is 20.9. The Labute approximate surface area is 215 Å². The molecule has 0 saturated carbocycles. The van der Waals surface area contributed by atoms with Crippen molar-refractivity contribution in [1.29, 1.82) is 0 Å². The van der Waals surface area contributed by atoms with Crippen molar-refractivity contribution < 1.29 is 31.1 Å². The van der Waals surface area contributed by atoms with Gasteiger partial charge in [-0.3, -0.25) is 15.4 Å². The number of nitrogens with one attached hydrogen (secondary N) is 5. The van der Waals surface area contributed by atoms with E-state index in [1.807, 2.05) is 4.72 Å². The molecule has 2 heterocycles. The van der Waals surface area contributed by atoms with Crippen LogP contribution in [0.3, 0.4) is 0 Å². The van der Waals surface area contributed by atoms with Crippen molar-refractivity contribution >= 4 is 21.4 Å². The van der Waals surface area contributed by atoms with Gasteiger partial charge in [0.15, 0.2) is 11.6 Å². The Kier molecular flexibility index (Phi) is 6.07.